The van der Waals surface area contributed by atoms with Gasteiger partial charge in [0.15, 0.2) is 0 Å². The Morgan fingerprint density at radius 1 is 1.18 bits per heavy atom. The molecule has 0 saturated carbocycles. The Morgan fingerprint density at radius 3 is 2.55 bits per heavy atom. The highest BCUT2D eigenvalue weighted by atomic mass is 16.6. The average molecular weight is 300 g/mol. The van der Waals surface area contributed by atoms with Crippen LogP contribution in [0.3, 0.4) is 0 Å². The number of nitrogens with zero attached hydrogens (tertiary/aromatic N) is 1. The van der Waals surface area contributed by atoms with E-state index in [0.717, 1.165) is 0 Å². The summed E-state index contributed by atoms with van der Waals surface area (Å²) in [6.45, 7) is 2.13. The van der Waals surface area contributed by atoms with E-state index < -0.39 is 18.0 Å². The molecule has 0 fully saturated rings. The number of amides is 1. The van der Waals surface area contributed by atoms with Crippen LogP contribution in [0.1, 0.15) is 28.9 Å². The summed E-state index contributed by atoms with van der Waals surface area (Å²) in [6.07, 6.45) is 0.341. The molecule has 1 aromatic heterocycles. The van der Waals surface area contributed by atoms with Crippen molar-refractivity contribution in [1.82, 2.24) is 4.98 Å². The van der Waals surface area contributed by atoms with Crippen molar-refractivity contribution in [2.24, 2.45) is 5.73 Å². The lowest BCUT2D eigenvalue weighted by molar-refractivity contribution is -0.127. The van der Waals surface area contributed by atoms with Gasteiger partial charge in [0.2, 0.25) is 12.0 Å². The van der Waals surface area contributed by atoms with Crippen molar-refractivity contribution in [3.63, 3.8) is 0 Å². The zero-order valence-electron chi connectivity index (χ0n) is 12.1. The maximum absolute atomic E-state index is 12.3. The van der Waals surface area contributed by atoms with Gasteiger partial charge >= 0.3 is 5.97 Å². The Morgan fingerprint density at radius 2 is 1.91 bits per heavy atom. The van der Waals surface area contributed by atoms with Crippen LogP contribution < -0.4 is 10.5 Å². The van der Waals surface area contributed by atoms with Crippen molar-refractivity contribution < 1.29 is 19.1 Å². The minimum absolute atomic E-state index is 0.145. The SMILES string of the molecule is CCOc1ncccc1C(=O)O[C@@H](C(N)=O)c1ccccc1. The molecule has 2 aromatic rings. The molecule has 0 spiro atoms. The highest BCUT2D eigenvalue weighted by molar-refractivity contribution is 5.94. The molecule has 0 aliphatic rings. The first kappa shape index (κ1) is 15.5. The molecule has 1 atom stereocenters. The summed E-state index contributed by atoms with van der Waals surface area (Å²) >= 11 is 0. The molecule has 6 nitrogen and oxygen atoms in total. The summed E-state index contributed by atoms with van der Waals surface area (Å²) in [4.78, 5) is 27.8. The van der Waals surface area contributed by atoms with Crippen LogP contribution in [-0.2, 0) is 9.53 Å². The van der Waals surface area contributed by atoms with Crippen LogP contribution >= 0.6 is 0 Å². The zero-order valence-corrected chi connectivity index (χ0v) is 12.1. The summed E-state index contributed by atoms with van der Waals surface area (Å²) in [5.41, 5.74) is 5.98. The monoisotopic (exact) mass is 300 g/mol. The molecule has 1 heterocycles. The molecule has 0 unspecified atom stereocenters. The standard InChI is InChI=1S/C16H16N2O4/c1-2-21-15-12(9-6-10-18-15)16(20)22-13(14(17)19)11-7-4-3-5-8-11/h3-10,13H,2H2,1H3,(H2,17,19)/t13-/m1/s1. The number of ether oxygens (including phenoxy) is 2. The average Bonchev–Trinajstić information content (AvgIpc) is 2.54. The highest BCUT2D eigenvalue weighted by Crippen LogP contribution is 2.22. The van der Waals surface area contributed by atoms with Crippen LogP contribution in [-0.4, -0.2) is 23.5 Å². The van der Waals surface area contributed by atoms with Crippen LogP contribution in [0.15, 0.2) is 48.7 Å². The first-order valence-electron chi connectivity index (χ1n) is 6.76. The van der Waals surface area contributed by atoms with Gasteiger partial charge in [-0.3, -0.25) is 4.79 Å². The fourth-order valence-corrected chi connectivity index (χ4v) is 1.89. The van der Waals surface area contributed by atoms with Gasteiger partial charge in [-0.25, -0.2) is 9.78 Å². The van der Waals surface area contributed by atoms with Gasteiger partial charge in [0.05, 0.1) is 6.61 Å². The number of carbonyl (C=O) groups is 2. The number of rotatable bonds is 6. The second kappa shape index (κ2) is 7.21. The molecule has 0 radical (unpaired) electrons. The Labute approximate surface area is 127 Å². The van der Waals surface area contributed by atoms with Gasteiger partial charge in [-0.05, 0) is 19.1 Å². The number of primary amides is 1. The third kappa shape index (κ3) is 3.60. The van der Waals surface area contributed by atoms with Crippen LogP contribution in [0.4, 0.5) is 0 Å². The summed E-state index contributed by atoms with van der Waals surface area (Å²) < 4.78 is 10.5. The van der Waals surface area contributed by atoms with E-state index in [1.807, 2.05) is 0 Å². The van der Waals surface area contributed by atoms with Crippen LogP contribution in [0.5, 0.6) is 5.88 Å². The van der Waals surface area contributed by atoms with E-state index in [1.165, 1.54) is 12.3 Å². The van der Waals surface area contributed by atoms with E-state index in [1.54, 1.807) is 43.3 Å². The van der Waals surface area contributed by atoms with Crippen molar-refractivity contribution in [3.05, 3.63) is 59.8 Å². The van der Waals surface area contributed by atoms with Crippen molar-refractivity contribution in [1.29, 1.82) is 0 Å². The van der Waals surface area contributed by atoms with Gasteiger partial charge in [-0.2, -0.15) is 0 Å². The molecule has 2 N–H and O–H groups in total. The zero-order chi connectivity index (χ0) is 15.9. The second-order valence-electron chi connectivity index (χ2n) is 4.39. The molecule has 22 heavy (non-hydrogen) atoms. The normalized spacial score (nSPS) is 11.5. The lowest BCUT2D eigenvalue weighted by Gasteiger charge is -2.16. The van der Waals surface area contributed by atoms with E-state index in [9.17, 15) is 9.59 Å². The van der Waals surface area contributed by atoms with Gasteiger partial charge < -0.3 is 15.2 Å². The quantitative estimate of drug-likeness (QED) is 0.822. The molecule has 0 saturated heterocycles. The van der Waals surface area contributed by atoms with Gasteiger partial charge in [0.1, 0.15) is 5.56 Å². The molecule has 1 aromatic carbocycles. The number of carbonyl (C=O) groups excluding carboxylic acids is 2. The van der Waals surface area contributed by atoms with Crippen LogP contribution in [0, 0.1) is 0 Å². The molecule has 0 aliphatic carbocycles. The number of esters is 1. The van der Waals surface area contributed by atoms with E-state index in [0.29, 0.717) is 12.2 Å². The molecule has 6 heteroatoms. The van der Waals surface area contributed by atoms with Crippen molar-refractivity contribution in [2.45, 2.75) is 13.0 Å². The molecule has 2 rings (SSSR count). The van der Waals surface area contributed by atoms with E-state index in [-0.39, 0.29) is 11.4 Å². The Bertz CT molecular complexity index is 658. The topological polar surface area (TPSA) is 91.5 Å². The third-order valence-electron chi connectivity index (χ3n) is 2.86. The smallest absolute Gasteiger partial charge is 0.344 e. The molecular weight excluding hydrogens is 284 g/mol. The van der Waals surface area contributed by atoms with Crippen LogP contribution in [0.25, 0.3) is 0 Å². The Hall–Kier alpha value is -2.89. The largest absolute Gasteiger partial charge is 0.477 e. The highest BCUT2D eigenvalue weighted by Gasteiger charge is 2.25. The summed E-state index contributed by atoms with van der Waals surface area (Å²) in [5, 5.41) is 0. The van der Waals surface area contributed by atoms with Gasteiger partial charge in [0, 0.05) is 11.8 Å². The maximum atomic E-state index is 12.3. The predicted molar refractivity (Wildman–Crippen MR) is 79.2 cm³/mol. The molecule has 1 amide bonds. The van der Waals surface area contributed by atoms with Crippen molar-refractivity contribution in [2.75, 3.05) is 6.61 Å². The minimum atomic E-state index is -1.16. The minimum Gasteiger partial charge on any atom is -0.477 e. The van der Waals surface area contributed by atoms with E-state index in [4.69, 9.17) is 15.2 Å². The summed E-state index contributed by atoms with van der Waals surface area (Å²) in [6, 6.07) is 11.7. The fraction of sp³-hybridized carbons (Fsp3) is 0.188. The van der Waals surface area contributed by atoms with E-state index in [2.05, 4.69) is 4.98 Å². The first-order valence-corrected chi connectivity index (χ1v) is 6.76. The number of pyridine rings is 1. The van der Waals surface area contributed by atoms with Crippen LogP contribution in [0.2, 0.25) is 0 Å². The molecular formula is C16H16N2O4. The number of hydrogen-bond donors (Lipinski definition) is 1. The molecule has 114 valence electrons. The van der Waals surface area contributed by atoms with E-state index >= 15 is 0 Å². The summed E-state index contributed by atoms with van der Waals surface area (Å²) in [7, 11) is 0. The predicted octanol–water partition coefficient (Wildman–Crippen LogP) is 1.86. The fourth-order valence-electron chi connectivity index (χ4n) is 1.89. The van der Waals surface area contributed by atoms with Crippen molar-refractivity contribution >= 4 is 11.9 Å². The number of hydrogen-bond acceptors (Lipinski definition) is 5. The lowest BCUT2D eigenvalue weighted by Crippen LogP contribution is -2.26. The number of aromatic nitrogens is 1. The molecule has 0 aliphatic heterocycles. The lowest BCUT2D eigenvalue weighted by atomic mass is 10.1. The second-order valence-corrected chi connectivity index (χ2v) is 4.39. The maximum Gasteiger partial charge on any atom is 0.344 e. The van der Waals surface area contributed by atoms with Gasteiger partial charge in [0.25, 0.3) is 5.91 Å². The van der Waals surface area contributed by atoms with Gasteiger partial charge in [-0.1, -0.05) is 30.3 Å². The van der Waals surface area contributed by atoms with Gasteiger partial charge in [-0.15, -0.1) is 0 Å². The Balaban J connectivity index is 2.24. The number of benzene rings is 1. The number of nitrogens with two attached hydrogens (primary N) is 1. The molecule has 0 bridgehead atoms. The third-order valence-corrected chi connectivity index (χ3v) is 2.86. The Kier molecular flexibility index (Phi) is 5.08. The summed E-state index contributed by atoms with van der Waals surface area (Å²) in [5.74, 6) is -1.31. The van der Waals surface area contributed by atoms with Crippen molar-refractivity contribution in [3.8, 4) is 5.88 Å². The first-order chi connectivity index (χ1) is 10.6.